The van der Waals surface area contributed by atoms with Gasteiger partial charge in [-0.25, -0.2) is 9.59 Å². The molecule has 7 heteroatoms. The van der Waals surface area contributed by atoms with E-state index < -0.39 is 17.7 Å². The van der Waals surface area contributed by atoms with Crippen molar-refractivity contribution in [1.82, 2.24) is 0 Å². The van der Waals surface area contributed by atoms with Gasteiger partial charge >= 0.3 is 12.1 Å². The van der Waals surface area contributed by atoms with Gasteiger partial charge in [-0.3, -0.25) is 0 Å². The molecule has 0 fully saturated rings. The minimum absolute atomic E-state index is 0.0296. The summed E-state index contributed by atoms with van der Waals surface area (Å²) in [7, 11) is 1.19. The highest BCUT2D eigenvalue weighted by molar-refractivity contribution is 6.38. The van der Waals surface area contributed by atoms with Gasteiger partial charge in [0.2, 0.25) is 0 Å². The minimum atomic E-state index is -0.875. The molecule has 0 aromatic heterocycles. The molecule has 23 heavy (non-hydrogen) atoms. The first-order valence-electron chi connectivity index (χ1n) is 6.83. The van der Waals surface area contributed by atoms with E-state index in [1.54, 1.807) is 32.9 Å². The predicted octanol–water partition coefficient (Wildman–Crippen LogP) is 2.23. The van der Waals surface area contributed by atoms with Crippen LogP contribution in [0.2, 0.25) is 0 Å². The third-order valence-corrected chi connectivity index (χ3v) is 2.65. The number of carbonyl (C=O) groups excluding carboxylic acids is 2. The molecule has 1 amide bonds. The highest BCUT2D eigenvalue weighted by Crippen LogP contribution is 2.15. The van der Waals surface area contributed by atoms with Crippen LogP contribution in [-0.4, -0.2) is 30.5 Å². The number of amides is 1. The monoisotopic (exact) mass is 317 g/mol. The largest absolute Gasteiger partial charge is 0.465 e. The molecule has 0 radical (unpaired) electrons. The van der Waals surface area contributed by atoms with Crippen molar-refractivity contribution in [1.29, 1.82) is 5.26 Å². The van der Waals surface area contributed by atoms with Crippen molar-refractivity contribution in [3.63, 3.8) is 0 Å². The fourth-order valence-electron chi connectivity index (χ4n) is 1.69. The molecule has 0 saturated heterocycles. The summed E-state index contributed by atoms with van der Waals surface area (Å²) >= 11 is 0. The standard InChI is InChI=1S/C16H19N3O4/c1-16(2,3)23-15(21)19-13(14(20)22-4)8-10-5-6-11(9-17)12(18)7-10/h5-7H,8,18H2,1-4H3/b19-13-. The molecule has 1 rings (SSSR count). The van der Waals surface area contributed by atoms with E-state index in [2.05, 4.69) is 9.73 Å². The van der Waals surface area contributed by atoms with Crippen molar-refractivity contribution < 1.29 is 19.1 Å². The molecule has 0 spiro atoms. The molecule has 1 aromatic carbocycles. The Balaban J connectivity index is 3.04. The SMILES string of the molecule is COC(=O)/C(Cc1ccc(C#N)c(N)c1)=N\C(=O)OC(C)(C)C. The number of aliphatic imine (C=N–C) groups is 1. The van der Waals surface area contributed by atoms with Crippen molar-refractivity contribution in [2.24, 2.45) is 4.99 Å². The van der Waals surface area contributed by atoms with E-state index in [-0.39, 0.29) is 17.8 Å². The van der Waals surface area contributed by atoms with Gasteiger partial charge in [0.05, 0.1) is 12.7 Å². The second kappa shape index (κ2) is 7.40. The number of nitrogens with two attached hydrogens (primary N) is 1. The number of benzene rings is 1. The molecule has 0 heterocycles. The van der Waals surface area contributed by atoms with Crippen LogP contribution >= 0.6 is 0 Å². The molecule has 0 aliphatic carbocycles. The van der Waals surface area contributed by atoms with Crippen LogP contribution in [0.15, 0.2) is 23.2 Å². The van der Waals surface area contributed by atoms with E-state index in [1.165, 1.54) is 13.2 Å². The Labute approximate surface area is 134 Å². The van der Waals surface area contributed by atoms with Crippen molar-refractivity contribution in [3.8, 4) is 6.07 Å². The average molecular weight is 317 g/mol. The Morgan fingerprint density at radius 3 is 2.48 bits per heavy atom. The summed E-state index contributed by atoms with van der Waals surface area (Å²) < 4.78 is 9.69. The number of nitrogen functional groups attached to an aromatic ring is 1. The van der Waals surface area contributed by atoms with Gasteiger partial charge < -0.3 is 15.2 Å². The molecular formula is C16H19N3O4. The zero-order chi connectivity index (χ0) is 17.6. The summed E-state index contributed by atoms with van der Waals surface area (Å²) in [6, 6.07) is 6.66. The summed E-state index contributed by atoms with van der Waals surface area (Å²) in [6.45, 7) is 5.08. The van der Waals surface area contributed by atoms with E-state index in [1.807, 2.05) is 6.07 Å². The van der Waals surface area contributed by atoms with Crippen LogP contribution in [0.1, 0.15) is 31.9 Å². The topological polar surface area (TPSA) is 115 Å². The molecule has 0 aliphatic rings. The van der Waals surface area contributed by atoms with Gasteiger partial charge in [0.15, 0.2) is 0 Å². The van der Waals surface area contributed by atoms with Crippen LogP contribution in [0.5, 0.6) is 0 Å². The smallest absolute Gasteiger partial charge is 0.434 e. The Kier molecular flexibility index (Phi) is 5.85. The van der Waals surface area contributed by atoms with Crippen molar-refractivity contribution in [3.05, 3.63) is 29.3 Å². The van der Waals surface area contributed by atoms with E-state index in [0.29, 0.717) is 11.1 Å². The molecule has 0 unspecified atom stereocenters. The average Bonchev–Trinajstić information content (AvgIpc) is 2.44. The highest BCUT2D eigenvalue weighted by Gasteiger charge is 2.20. The number of rotatable bonds is 3. The molecular weight excluding hydrogens is 298 g/mol. The van der Waals surface area contributed by atoms with Gasteiger partial charge in [-0.15, -0.1) is 0 Å². The third kappa shape index (κ3) is 5.79. The lowest BCUT2D eigenvalue weighted by Gasteiger charge is -2.17. The lowest BCUT2D eigenvalue weighted by Crippen LogP contribution is -2.25. The predicted molar refractivity (Wildman–Crippen MR) is 85.0 cm³/mol. The number of carbonyl (C=O) groups is 2. The van der Waals surface area contributed by atoms with E-state index in [0.717, 1.165) is 0 Å². The second-order valence-electron chi connectivity index (χ2n) is 5.74. The molecule has 0 aliphatic heterocycles. The van der Waals surface area contributed by atoms with E-state index in [9.17, 15) is 9.59 Å². The number of anilines is 1. The summed E-state index contributed by atoms with van der Waals surface area (Å²) in [6.07, 6.45) is -0.846. The zero-order valence-electron chi connectivity index (χ0n) is 13.5. The van der Waals surface area contributed by atoms with Crippen LogP contribution in [0.25, 0.3) is 0 Å². The molecule has 0 saturated carbocycles. The van der Waals surface area contributed by atoms with Gasteiger partial charge in [0.25, 0.3) is 0 Å². The molecule has 2 N–H and O–H groups in total. The highest BCUT2D eigenvalue weighted by atomic mass is 16.6. The number of esters is 1. The Morgan fingerprint density at radius 1 is 1.35 bits per heavy atom. The second-order valence-corrected chi connectivity index (χ2v) is 5.74. The normalized spacial score (nSPS) is 11.5. The lowest BCUT2D eigenvalue weighted by atomic mass is 10.0. The number of nitrogens with zero attached hydrogens (tertiary/aromatic N) is 2. The van der Waals surface area contributed by atoms with Gasteiger partial charge in [-0.2, -0.15) is 10.3 Å². The van der Waals surface area contributed by atoms with Crippen molar-refractivity contribution >= 4 is 23.5 Å². The fourth-order valence-corrected chi connectivity index (χ4v) is 1.69. The maximum absolute atomic E-state index is 11.8. The first-order valence-corrected chi connectivity index (χ1v) is 6.83. The van der Waals surface area contributed by atoms with Crippen LogP contribution in [0.4, 0.5) is 10.5 Å². The summed E-state index contributed by atoms with van der Waals surface area (Å²) in [5, 5.41) is 8.86. The third-order valence-electron chi connectivity index (χ3n) is 2.65. The number of hydrogen-bond acceptors (Lipinski definition) is 6. The first kappa shape index (κ1) is 18.2. The summed E-state index contributed by atoms with van der Waals surface area (Å²) in [5.74, 6) is -0.737. The summed E-state index contributed by atoms with van der Waals surface area (Å²) in [5.41, 5.74) is 6.14. The number of nitriles is 1. The van der Waals surface area contributed by atoms with Crippen molar-refractivity contribution in [2.45, 2.75) is 32.8 Å². The first-order chi connectivity index (χ1) is 10.7. The Hall–Kier alpha value is -2.88. The zero-order valence-corrected chi connectivity index (χ0v) is 13.5. The van der Waals surface area contributed by atoms with Crippen LogP contribution < -0.4 is 5.73 Å². The Morgan fingerprint density at radius 2 is 2.00 bits per heavy atom. The number of methoxy groups -OCH3 is 1. The van der Waals surface area contributed by atoms with Gasteiger partial charge in [-0.1, -0.05) is 6.07 Å². The maximum Gasteiger partial charge on any atom is 0.434 e. The maximum atomic E-state index is 11.8. The quantitative estimate of drug-likeness (QED) is 0.519. The van der Waals surface area contributed by atoms with Gasteiger partial charge in [0, 0.05) is 12.1 Å². The van der Waals surface area contributed by atoms with Gasteiger partial charge in [0.1, 0.15) is 17.4 Å². The van der Waals surface area contributed by atoms with Crippen LogP contribution in [0.3, 0.4) is 0 Å². The van der Waals surface area contributed by atoms with Crippen molar-refractivity contribution in [2.75, 3.05) is 12.8 Å². The summed E-state index contributed by atoms with van der Waals surface area (Å²) in [4.78, 5) is 27.2. The Bertz CT molecular complexity index is 682. The number of ether oxygens (including phenoxy) is 2. The van der Waals surface area contributed by atoms with Crippen LogP contribution in [0, 0.1) is 11.3 Å². The van der Waals surface area contributed by atoms with Crippen LogP contribution in [-0.2, 0) is 20.7 Å². The molecule has 0 atom stereocenters. The van der Waals surface area contributed by atoms with E-state index >= 15 is 0 Å². The molecule has 0 bridgehead atoms. The molecule has 122 valence electrons. The molecule has 1 aromatic rings. The van der Waals surface area contributed by atoms with Gasteiger partial charge in [-0.05, 0) is 38.5 Å². The number of hydrogen-bond donors (Lipinski definition) is 1. The fraction of sp³-hybridized carbons (Fsp3) is 0.375. The minimum Gasteiger partial charge on any atom is -0.465 e. The van der Waals surface area contributed by atoms with E-state index in [4.69, 9.17) is 15.7 Å². The molecule has 7 nitrogen and oxygen atoms in total. The lowest BCUT2D eigenvalue weighted by molar-refractivity contribution is -0.132.